The van der Waals surface area contributed by atoms with E-state index in [9.17, 15) is 9.90 Å². The number of carbonyl (C=O) groups is 1. The third kappa shape index (κ3) is 7.25. The predicted molar refractivity (Wildman–Crippen MR) is 93.7 cm³/mol. The molecule has 0 saturated heterocycles. The van der Waals surface area contributed by atoms with Gasteiger partial charge in [-0.25, -0.2) is 0 Å². The second-order valence-electron chi connectivity index (χ2n) is 4.95. The highest BCUT2D eigenvalue weighted by atomic mass is 32.2. The summed E-state index contributed by atoms with van der Waals surface area (Å²) in [5, 5.41) is 10.3. The number of thiol groups is 1. The van der Waals surface area contributed by atoms with Gasteiger partial charge in [0.15, 0.2) is 0 Å². The Morgan fingerprint density at radius 3 is 2.67 bits per heavy atom. The zero-order valence-electron chi connectivity index (χ0n) is 12.6. The Bertz CT molecular complexity index is 401. The molecule has 1 aromatic carbocycles. The maximum atomic E-state index is 12.2. The topological polar surface area (TPSA) is 40.5 Å². The van der Waals surface area contributed by atoms with Crippen LogP contribution in [0.25, 0.3) is 0 Å². The number of rotatable bonds is 10. The Hall–Kier alpha value is -0.650. The molecule has 3 nitrogen and oxygen atoms in total. The van der Waals surface area contributed by atoms with Crippen LogP contribution in [0.15, 0.2) is 30.3 Å². The smallest absolute Gasteiger partial charge is 0.225 e. The van der Waals surface area contributed by atoms with E-state index >= 15 is 0 Å². The van der Waals surface area contributed by atoms with Crippen molar-refractivity contribution in [3.63, 3.8) is 0 Å². The quantitative estimate of drug-likeness (QED) is 0.394. The zero-order chi connectivity index (χ0) is 15.5. The van der Waals surface area contributed by atoms with Gasteiger partial charge in [0.25, 0.3) is 0 Å². The lowest BCUT2D eigenvalue weighted by Crippen LogP contribution is -2.39. The van der Waals surface area contributed by atoms with Crippen LogP contribution < -0.4 is 0 Å². The Morgan fingerprint density at radius 2 is 2.05 bits per heavy atom. The van der Waals surface area contributed by atoms with E-state index < -0.39 is 6.23 Å². The summed E-state index contributed by atoms with van der Waals surface area (Å²) in [7, 11) is 0. The molecule has 21 heavy (non-hydrogen) atoms. The summed E-state index contributed by atoms with van der Waals surface area (Å²) in [5.41, 5.74) is 1.04. The second kappa shape index (κ2) is 11.0. The van der Waals surface area contributed by atoms with Gasteiger partial charge in [-0.3, -0.25) is 4.79 Å². The van der Waals surface area contributed by atoms with Gasteiger partial charge in [0, 0.05) is 13.0 Å². The average molecular weight is 328 g/mol. The fourth-order valence-corrected chi connectivity index (χ4v) is 2.79. The molecule has 0 aliphatic rings. The number of thioether (sulfide) groups is 1. The van der Waals surface area contributed by atoms with E-state index in [1.807, 2.05) is 30.3 Å². The highest BCUT2D eigenvalue weighted by Crippen LogP contribution is 2.14. The van der Waals surface area contributed by atoms with Gasteiger partial charge >= 0.3 is 0 Å². The standard InChI is InChI=1S/C16H25NO2S2/c1-21-12-6-5-9-15(18)17(16(19)10-11-20)13-14-7-3-2-4-8-14/h2-4,7-8,15,18,20H,5-6,9-13H2,1H3. The normalized spacial score (nSPS) is 12.1. The number of nitrogens with zero attached hydrogens (tertiary/aromatic N) is 1. The summed E-state index contributed by atoms with van der Waals surface area (Å²) >= 11 is 5.92. The number of carbonyl (C=O) groups excluding carboxylic acids is 1. The lowest BCUT2D eigenvalue weighted by molar-refractivity contribution is -0.142. The number of aliphatic hydroxyl groups is 1. The van der Waals surface area contributed by atoms with Crippen molar-refractivity contribution in [1.82, 2.24) is 4.90 Å². The third-order valence-electron chi connectivity index (χ3n) is 3.26. The summed E-state index contributed by atoms with van der Waals surface area (Å²) in [6.45, 7) is 0.456. The summed E-state index contributed by atoms with van der Waals surface area (Å²) in [4.78, 5) is 13.8. The van der Waals surface area contributed by atoms with Crippen molar-refractivity contribution in [2.75, 3.05) is 17.8 Å². The minimum absolute atomic E-state index is 0.0359. The van der Waals surface area contributed by atoms with Gasteiger partial charge in [-0.1, -0.05) is 30.3 Å². The molecule has 0 aromatic heterocycles. The van der Waals surface area contributed by atoms with E-state index in [4.69, 9.17) is 0 Å². The van der Waals surface area contributed by atoms with Crippen molar-refractivity contribution >= 4 is 30.3 Å². The first-order valence-electron chi connectivity index (χ1n) is 7.30. The van der Waals surface area contributed by atoms with Crippen LogP contribution in [0.5, 0.6) is 0 Å². The molecule has 0 spiro atoms. The minimum Gasteiger partial charge on any atom is -0.374 e. The highest BCUT2D eigenvalue weighted by molar-refractivity contribution is 7.98. The minimum atomic E-state index is -0.709. The van der Waals surface area contributed by atoms with Gasteiger partial charge in [0.05, 0.1) is 0 Å². The van der Waals surface area contributed by atoms with Crippen molar-refractivity contribution in [3.05, 3.63) is 35.9 Å². The summed E-state index contributed by atoms with van der Waals surface area (Å²) in [6.07, 6.45) is 4.36. The average Bonchev–Trinajstić information content (AvgIpc) is 2.50. The molecule has 0 aliphatic heterocycles. The summed E-state index contributed by atoms with van der Waals surface area (Å²) in [5.74, 6) is 1.56. The van der Waals surface area contributed by atoms with Crippen LogP contribution in [-0.4, -0.2) is 39.9 Å². The molecule has 0 bridgehead atoms. The fourth-order valence-electron chi connectivity index (χ4n) is 2.11. The SMILES string of the molecule is CSCCCCC(O)N(Cc1ccccc1)C(=O)CCS. The first-order valence-corrected chi connectivity index (χ1v) is 9.33. The number of hydrogen-bond donors (Lipinski definition) is 2. The maximum absolute atomic E-state index is 12.2. The Morgan fingerprint density at radius 1 is 1.33 bits per heavy atom. The first-order chi connectivity index (χ1) is 10.2. The van der Waals surface area contributed by atoms with Crippen molar-refractivity contribution in [3.8, 4) is 0 Å². The van der Waals surface area contributed by atoms with Crippen molar-refractivity contribution in [2.24, 2.45) is 0 Å². The molecule has 1 atom stereocenters. The largest absolute Gasteiger partial charge is 0.374 e. The van der Waals surface area contributed by atoms with Crippen LogP contribution in [0.1, 0.15) is 31.2 Å². The Kier molecular flexibility index (Phi) is 9.63. The summed E-state index contributed by atoms with van der Waals surface area (Å²) < 4.78 is 0. The molecule has 0 fully saturated rings. The lowest BCUT2D eigenvalue weighted by atomic mass is 10.1. The van der Waals surface area contributed by atoms with Gasteiger partial charge in [-0.05, 0) is 42.6 Å². The lowest BCUT2D eigenvalue weighted by Gasteiger charge is -2.28. The van der Waals surface area contributed by atoms with Crippen LogP contribution >= 0.6 is 24.4 Å². The molecule has 1 aromatic rings. The number of amides is 1. The van der Waals surface area contributed by atoms with Crippen LogP contribution in [-0.2, 0) is 11.3 Å². The number of aliphatic hydroxyl groups excluding tert-OH is 1. The molecule has 1 rings (SSSR count). The molecular weight excluding hydrogens is 302 g/mol. The van der Waals surface area contributed by atoms with Crippen LogP contribution in [0.3, 0.4) is 0 Å². The van der Waals surface area contributed by atoms with Gasteiger partial charge < -0.3 is 10.0 Å². The second-order valence-corrected chi connectivity index (χ2v) is 6.38. The van der Waals surface area contributed by atoms with Crippen LogP contribution in [0.4, 0.5) is 0 Å². The van der Waals surface area contributed by atoms with Crippen molar-refractivity contribution in [1.29, 1.82) is 0 Å². The van der Waals surface area contributed by atoms with E-state index in [0.717, 1.165) is 24.2 Å². The third-order valence-corrected chi connectivity index (χ3v) is 4.18. The number of hydrogen-bond acceptors (Lipinski definition) is 4. The molecule has 1 amide bonds. The Labute approximate surface area is 137 Å². The Balaban J connectivity index is 2.61. The summed E-state index contributed by atoms with van der Waals surface area (Å²) in [6, 6.07) is 9.79. The predicted octanol–water partition coefficient (Wildman–Crippen LogP) is 3.19. The molecule has 5 heteroatoms. The fraction of sp³-hybridized carbons (Fsp3) is 0.562. The van der Waals surface area contributed by atoms with Gasteiger partial charge in [-0.2, -0.15) is 24.4 Å². The maximum Gasteiger partial charge on any atom is 0.225 e. The van der Waals surface area contributed by atoms with Crippen molar-refractivity contribution < 1.29 is 9.90 Å². The molecule has 1 unspecified atom stereocenters. The van der Waals surface area contributed by atoms with Gasteiger partial charge in [0.2, 0.25) is 5.91 Å². The van der Waals surface area contributed by atoms with E-state index in [-0.39, 0.29) is 5.91 Å². The van der Waals surface area contributed by atoms with E-state index in [1.54, 1.807) is 16.7 Å². The molecular formula is C16H25NO2S2. The van der Waals surface area contributed by atoms with Gasteiger partial charge in [0.1, 0.15) is 6.23 Å². The molecule has 118 valence electrons. The molecule has 0 radical (unpaired) electrons. The van der Waals surface area contributed by atoms with E-state index in [1.165, 1.54) is 0 Å². The van der Waals surface area contributed by atoms with Crippen molar-refractivity contribution in [2.45, 2.75) is 38.5 Å². The molecule has 1 N–H and O–H groups in total. The van der Waals surface area contributed by atoms with Gasteiger partial charge in [-0.15, -0.1) is 0 Å². The van der Waals surface area contributed by atoms with Crippen LogP contribution in [0, 0.1) is 0 Å². The van der Waals surface area contributed by atoms with E-state index in [2.05, 4.69) is 18.9 Å². The molecule has 0 heterocycles. The highest BCUT2D eigenvalue weighted by Gasteiger charge is 2.20. The zero-order valence-corrected chi connectivity index (χ0v) is 14.3. The van der Waals surface area contributed by atoms with Crippen LogP contribution in [0.2, 0.25) is 0 Å². The van der Waals surface area contributed by atoms with E-state index in [0.29, 0.717) is 25.1 Å². The number of unbranched alkanes of at least 4 members (excludes halogenated alkanes) is 1. The molecule has 0 aliphatic carbocycles. The first kappa shape index (κ1) is 18.4. The number of benzene rings is 1. The molecule has 0 saturated carbocycles. The monoisotopic (exact) mass is 327 g/mol.